The summed E-state index contributed by atoms with van der Waals surface area (Å²) in [4.78, 5) is 68.5. The number of hydrogen-bond donors (Lipinski definition) is 5. The van der Waals surface area contributed by atoms with Crippen LogP contribution in [0.2, 0.25) is 0 Å². The first-order valence-electron chi connectivity index (χ1n) is 16.9. The van der Waals surface area contributed by atoms with Gasteiger partial charge in [-0.25, -0.2) is 4.79 Å². The zero-order valence-electron chi connectivity index (χ0n) is 28.2. The summed E-state index contributed by atoms with van der Waals surface area (Å²) in [7, 11) is 1.64. The number of benzene rings is 2. The zero-order chi connectivity index (χ0) is 35.6. The van der Waals surface area contributed by atoms with E-state index >= 15 is 0 Å². The number of nitrogens with zero attached hydrogens (tertiary/aromatic N) is 4. The van der Waals surface area contributed by atoms with Gasteiger partial charge in [-0.2, -0.15) is 0 Å². The van der Waals surface area contributed by atoms with E-state index in [2.05, 4.69) is 31.6 Å². The molecule has 5 N–H and O–H groups in total. The molecule has 6 rings (SSSR count). The monoisotopic (exact) mass is 688 g/mol. The van der Waals surface area contributed by atoms with Crippen molar-refractivity contribution < 1.29 is 33.8 Å². The summed E-state index contributed by atoms with van der Waals surface area (Å²) in [5, 5.41) is 29.6. The number of ether oxygens (including phenoxy) is 1. The Morgan fingerprint density at radius 2 is 1.76 bits per heavy atom. The molecular formula is C35H44N8O7. The van der Waals surface area contributed by atoms with Crippen LogP contribution >= 0.6 is 0 Å². The lowest BCUT2D eigenvalue weighted by molar-refractivity contribution is -0.143. The number of nitrogens with one attached hydrogen (secondary N) is 4. The molecule has 0 radical (unpaired) electrons. The molecule has 1 aromatic heterocycles. The van der Waals surface area contributed by atoms with Gasteiger partial charge in [0, 0.05) is 45.0 Å². The van der Waals surface area contributed by atoms with E-state index in [1.54, 1.807) is 61.2 Å². The lowest BCUT2D eigenvalue weighted by Crippen LogP contribution is -2.59. The van der Waals surface area contributed by atoms with E-state index in [1.165, 1.54) is 4.90 Å². The van der Waals surface area contributed by atoms with Crippen LogP contribution in [0.3, 0.4) is 0 Å². The Hall–Kier alpha value is -5.31. The summed E-state index contributed by atoms with van der Waals surface area (Å²) in [6, 6.07) is 11.1. The summed E-state index contributed by atoms with van der Waals surface area (Å²) in [5.41, 5.74) is 1.91. The molecule has 4 heterocycles. The highest BCUT2D eigenvalue weighted by molar-refractivity contribution is 5.96. The summed E-state index contributed by atoms with van der Waals surface area (Å²) < 4.78 is 7.51. The minimum absolute atomic E-state index is 0.00612. The molecule has 15 heteroatoms. The lowest BCUT2D eigenvalue weighted by atomic mass is 10.0. The Kier molecular flexibility index (Phi) is 12.1. The highest BCUT2D eigenvalue weighted by atomic mass is 16.5. The molecule has 0 aliphatic carbocycles. The molecule has 1 fully saturated rings. The van der Waals surface area contributed by atoms with Crippen LogP contribution in [-0.4, -0.2) is 105 Å². The minimum atomic E-state index is -1.27. The fraction of sp³-hybridized carbons (Fsp3) is 0.457. The van der Waals surface area contributed by atoms with Crippen LogP contribution in [0.25, 0.3) is 0 Å². The maximum Gasteiger partial charge on any atom is 0.326 e. The molecule has 2 aromatic carbocycles. The van der Waals surface area contributed by atoms with Crippen molar-refractivity contribution >= 4 is 29.6 Å². The first-order valence-corrected chi connectivity index (χ1v) is 16.9. The number of aryl methyl sites for hydroxylation is 1. The third kappa shape index (κ3) is 9.43. The molecule has 0 saturated carbocycles. The van der Waals surface area contributed by atoms with Gasteiger partial charge in [0.05, 0.1) is 18.3 Å². The summed E-state index contributed by atoms with van der Waals surface area (Å²) in [6.45, 7) is 2.81. The fourth-order valence-corrected chi connectivity index (χ4v) is 6.06. The SMILES string of the molecule is CNC(C)C(=O)NC1Cc2cn(nn2)CCCOc2ccc(cc2)CC(C(=O)O)NC(=O)C(Cc2ccccc2)NC(=O)C2CCCN2C1=O. The maximum absolute atomic E-state index is 14.1. The molecule has 266 valence electrons. The summed E-state index contributed by atoms with van der Waals surface area (Å²) >= 11 is 0. The van der Waals surface area contributed by atoms with Gasteiger partial charge in [0.25, 0.3) is 0 Å². The topological polar surface area (TPSA) is 197 Å². The van der Waals surface area contributed by atoms with Crippen LogP contribution in [0, 0.1) is 0 Å². The second-order valence-corrected chi connectivity index (χ2v) is 12.6. The summed E-state index contributed by atoms with van der Waals surface area (Å²) in [5.74, 6) is -2.70. The maximum atomic E-state index is 14.1. The van der Waals surface area contributed by atoms with Crippen molar-refractivity contribution in [3.8, 4) is 5.75 Å². The Bertz CT molecular complexity index is 1650. The molecule has 15 nitrogen and oxygen atoms in total. The Morgan fingerprint density at radius 1 is 1.00 bits per heavy atom. The van der Waals surface area contributed by atoms with Crippen molar-refractivity contribution in [3.63, 3.8) is 0 Å². The number of carbonyl (C=O) groups excluding carboxylic acids is 4. The van der Waals surface area contributed by atoms with Gasteiger partial charge in [0.1, 0.15) is 29.9 Å². The molecule has 3 aliphatic rings. The molecule has 4 amide bonds. The fourth-order valence-electron chi connectivity index (χ4n) is 6.06. The number of aliphatic carboxylic acids is 1. The number of fused-ring (bicyclic) bond motifs is 13. The Balaban J connectivity index is 1.45. The first kappa shape index (κ1) is 36.0. The van der Waals surface area contributed by atoms with Crippen molar-refractivity contribution in [1.29, 1.82) is 0 Å². The predicted octanol–water partition coefficient (Wildman–Crippen LogP) is 0.226. The Morgan fingerprint density at radius 3 is 2.48 bits per heavy atom. The highest BCUT2D eigenvalue weighted by Gasteiger charge is 2.40. The van der Waals surface area contributed by atoms with Crippen molar-refractivity contribution in [2.24, 2.45) is 0 Å². The van der Waals surface area contributed by atoms with Crippen LogP contribution in [0.15, 0.2) is 60.8 Å². The van der Waals surface area contributed by atoms with Crippen LogP contribution in [0.1, 0.15) is 43.0 Å². The molecule has 3 aromatic rings. The third-order valence-corrected chi connectivity index (χ3v) is 8.97. The van der Waals surface area contributed by atoms with Crippen molar-refractivity contribution in [2.45, 2.75) is 82.2 Å². The van der Waals surface area contributed by atoms with E-state index in [-0.39, 0.29) is 25.8 Å². The quantitative estimate of drug-likeness (QED) is 0.239. The van der Waals surface area contributed by atoms with Gasteiger partial charge in [0.15, 0.2) is 0 Å². The smallest absolute Gasteiger partial charge is 0.326 e. The predicted molar refractivity (Wildman–Crippen MR) is 181 cm³/mol. The van der Waals surface area contributed by atoms with Crippen LogP contribution < -0.4 is 26.0 Å². The van der Waals surface area contributed by atoms with E-state index in [0.717, 1.165) is 5.56 Å². The Labute approximate surface area is 290 Å². The largest absolute Gasteiger partial charge is 0.494 e. The second-order valence-electron chi connectivity index (χ2n) is 12.6. The van der Waals surface area contributed by atoms with E-state index in [0.29, 0.717) is 49.4 Å². The van der Waals surface area contributed by atoms with Gasteiger partial charge in [-0.1, -0.05) is 47.7 Å². The number of aromatic nitrogens is 3. The number of carboxylic acids is 1. The molecule has 5 atom stereocenters. The van der Waals surface area contributed by atoms with Gasteiger partial charge in [0.2, 0.25) is 23.6 Å². The molecule has 4 bridgehead atoms. The number of amides is 4. The number of carboxylic acid groups (broad SMARTS) is 1. The summed E-state index contributed by atoms with van der Waals surface area (Å²) in [6.07, 6.45) is 3.34. The number of likely N-dealkylation sites (N-methyl/N-ethyl adjacent to an activating group) is 1. The van der Waals surface area contributed by atoms with Gasteiger partial charge < -0.3 is 36.0 Å². The van der Waals surface area contributed by atoms with E-state index in [4.69, 9.17) is 4.74 Å². The average molecular weight is 689 g/mol. The molecule has 5 unspecified atom stereocenters. The van der Waals surface area contributed by atoms with Crippen molar-refractivity contribution in [3.05, 3.63) is 77.6 Å². The van der Waals surface area contributed by atoms with Crippen molar-refractivity contribution in [2.75, 3.05) is 20.2 Å². The number of hydrogen-bond acceptors (Lipinski definition) is 9. The van der Waals surface area contributed by atoms with E-state index < -0.39 is 59.8 Å². The second kappa shape index (κ2) is 16.9. The number of rotatable bonds is 6. The molecule has 1 saturated heterocycles. The van der Waals surface area contributed by atoms with Crippen LogP contribution in [0.4, 0.5) is 0 Å². The first-order chi connectivity index (χ1) is 24.1. The van der Waals surface area contributed by atoms with Gasteiger partial charge >= 0.3 is 5.97 Å². The molecule has 3 aliphatic heterocycles. The number of carbonyl (C=O) groups is 5. The molecule has 0 spiro atoms. The van der Waals surface area contributed by atoms with Gasteiger partial charge in [-0.3, -0.25) is 23.9 Å². The van der Waals surface area contributed by atoms with Crippen LogP contribution in [-0.2, 0) is 49.8 Å². The van der Waals surface area contributed by atoms with E-state index in [9.17, 15) is 29.1 Å². The normalized spacial score (nSPS) is 22.8. The standard InChI is InChI=1S/C35H44N8O7/c1-22(36-2)31(44)38-28-20-25-21-42(41-40-25)15-7-17-50-26-13-11-24(12-14-26)19-29(35(48)49)39-32(45)27(18-23-8-4-3-5-9-23)37-33(46)30-10-6-16-43(30)34(28)47/h3-5,8-9,11-14,21-22,27-30,36H,6-7,10,15-20H2,1-2H3,(H,37,46)(H,38,44)(H,39,45)(H,48,49). The third-order valence-electron chi connectivity index (χ3n) is 8.97. The minimum Gasteiger partial charge on any atom is -0.494 e. The van der Waals surface area contributed by atoms with Gasteiger partial charge in [-0.05, 0) is 50.1 Å². The lowest BCUT2D eigenvalue weighted by Gasteiger charge is -2.30. The zero-order valence-corrected chi connectivity index (χ0v) is 28.2. The molecule has 50 heavy (non-hydrogen) atoms. The van der Waals surface area contributed by atoms with Crippen LogP contribution in [0.5, 0.6) is 5.75 Å². The van der Waals surface area contributed by atoms with E-state index in [1.807, 2.05) is 18.2 Å². The molecular weight excluding hydrogens is 644 g/mol. The highest BCUT2D eigenvalue weighted by Crippen LogP contribution is 2.21. The average Bonchev–Trinajstić information content (AvgIpc) is 3.79. The van der Waals surface area contributed by atoms with Crippen molar-refractivity contribution in [1.82, 2.24) is 41.2 Å². The van der Waals surface area contributed by atoms with Gasteiger partial charge in [-0.15, -0.1) is 5.10 Å².